The zero-order valence-electron chi connectivity index (χ0n) is 11.7. The molecule has 20 heavy (non-hydrogen) atoms. The van der Waals surface area contributed by atoms with Gasteiger partial charge in [0.25, 0.3) is 0 Å². The number of hydrogen-bond donors (Lipinski definition) is 1. The van der Waals surface area contributed by atoms with Crippen LogP contribution in [0.5, 0.6) is 0 Å². The van der Waals surface area contributed by atoms with Gasteiger partial charge in [-0.1, -0.05) is 0 Å². The summed E-state index contributed by atoms with van der Waals surface area (Å²) in [5.41, 5.74) is 7.64. The number of likely N-dealkylation sites (N-methyl/N-ethyl adjacent to an activating group) is 1. The van der Waals surface area contributed by atoms with Crippen LogP contribution < -0.4 is 5.73 Å². The van der Waals surface area contributed by atoms with Crippen LogP contribution in [-0.4, -0.2) is 34.1 Å². The van der Waals surface area contributed by atoms with E-state index in [1.54, 1.807) is 6.07 Å². The standard InChI is InChI=1S/C14H18BrFN4/c1-19(2)14(4-3-5-14)8-20-12-7-10(16)9(15)6-11(12)18-13(20)17/h6-7H,3-5,8H2,1-2H3,(H2,17,18). The van der Waals surface area contributed by atoms with E-state index in [0.717, 1.165) is 30.4 Å². The van der Waals surface area contributed by atoms with Gasteiger partial charge in [-0.3, -0.25) is 0 Å². The molecule has 0 aliphatic heterocycles. The second-order valence-corrected chi connectivity index (χ2v) is 6.64. The third-order valence-corrected chi connectivity index (χ3v) is 5.11. The monoisotopic (exact) mass is 340 g/mol. The van der Waals surface area contributed by atoms with E-state index in [2.05, 4.69) is 39.9 Å². The lowest BCUT2D eigenvalue weighted by Crippen LogP contribution is -2.53. The van der Waals surface area contributed by atoms with Gasteiger partial charge in [0.1, 0.15) is 5.82 Å². The molecule has 2 aromatic rings. The van der Waals surface area contributed by atoms with Crippen LogP contribution in [-0.2, 0) is 6.54 Å². The maximum Gasteiger partial charge on any atom is 0.201 e. The van der Waals surface area contributed by atoms with Gasteiger partial charge in [0, 0.05) is 18.2 Å². The minimum Gasteiger partial charge on any atom is -0.369 e. The lowest BCUT2D eigenvalue weighted by atomic mass is 9.75. The first-order valence-corrected chi connectivity index (χ1v) is 7.50. The molecule has 0 saturated heterocycles. The molecule has 1 aliphatic rings. The van der Waals surface area contributed by atoms with Crippen molar-refractivity contribution in [1.82, 2.24) is 14.5 Å². The van der Waals surface area contributed by atoms with Gasteiger partial charge in [0.2, 0.25) is 5.95 Å². The van der Waals surface area contributed by atoms with Gasteiger partial charge in [0.15, 0.2) is 0 Å². The Kier molecular flexibility index (Phi) is 3.25. The fourth-order valence-electron chi connectivity index (χ4n) is 2.93. The molecule has 0 bridgehead atoms. The van der Waals surface area contributed by atoms with Crippen LogP contribution >= 0.6 is 15.9 Å². The van der Waals surface area contributed by atoms with Crippen molar-refractivity contribution in [3.63, 3.8) is 0 Å². The Hall–Kier alpha value is -1.14. The molecule has 0 unspecified atom stereocenters. The van der Waals surface area contributed by atoms with E-state index in [1.807, 2.05) is 4.57 Å². The van der Waals surface area contributed by atoms with Gasteiger partial charge in [-0.2, -0.15) is 0 Å². The molecule has 0 radical (unpaired) electrons. The van der Waals surface area contributed by atoms with E-state index in [4.69, 9.17) is 5.73 Å². The predicted molar refractivity (Wildman–Crippen MR) is 82.1 cm³/mol. The van der Waals surface area contributed by atoms with Crippen LogP contribution in [0.25, 0.3) is 11.0 Å². The first-order valence-electron chi connectivity index (χ1n) is 6.71. The van der Waals surface area contributed by atoms with Crippen molar-refractivity contribution in [2.45, 2.75) is 31.3 Å². The lowest BCUT2D eigenvalue weighted by molar-refractivity contribution is 0.0440. The van der Waals surface area contributed by atoms with Crippen molar-refractivity contribution in [2.75, 3.05) is 19.8 Å². The average molecular weight is 341 g/mol. The van der Waals surface area contributed by atoms with Crippen LogP contribution in [0.2, 0.25) is 0 Å². The van der Waals surface area contributed by atoms with Gasteiger partial charge in [-0.05, 0) is 55.4 Å². The number of anilines is 1. The minimum absolute atomic E-state index is 0.116. The number of imidazole rings is 1. The van der Waals surface area contributed by atoms with Crippen molar-refractivity contribution in [3.8, 4) is 0 Å². The largest absolute Gasteiger partial charge is 0.369 e. The highest BCUT2D eigenvalue weighted by Crippen LogP contribution is 2.39. The molecule has 1 fully saturated rings. The molecule has 2 N–H and O–H groups in total. The second kappa shape index (κ2) is 4.70. The molecule has 108 valence electrons. The fourth-order valence-corrected chi connectivity index (χ4v) is 3.26. The number of nitrogens with two attached hydrogens (primary N) is 1. The predicted octanol–water partition coefficient (Wildman–Crippen LogP) is 3.00. The fraction of sp³-hybridized carbons (Fsp3) is 0.500. The van der Waals surface area contributed by atoms with Crippen molar-refractivity contribution >= 4 is 32.9 Å². The summed E-state index contributed by atoms with van der Waals surface area (Å²) >= 11 is 3.19. The van der Waals surface area contributed by atoms with E-state index in [-0.39, 0.29) is 11.4 Å². The van der Waals surface area contributed by atoms with Crippen molar-refractivity contribution in [1.29, 1.82) is 0 Å². The highest BCUT2D eigenvalue weighted by Gasteiger charge is 2.40. The van der Waals surface area contributed by atoms with Crippen molar-refractivity contribution in [3.05, 3.63) is 22.4 Å². The zero-order chi connectivity index (χ0) is 14.5. The number of fused-ring (bicyclic) bond motifs is 1. The molecular weight excluding hydrogens is 323 g/mol. The lowest BCUT2D eigenvalue weighted by Gasteiger charge is -2.47. The molecular formula is C14H18BrFN4. The smallest absolute Gasteiger partial charge is 0.201 e. The van der Waals surface area contributed by atoms with Crippen LogP contribution in [0.15, 0.2) is 16.6 Å². The summed E-state index contributed by atoms with van der Waals surface area (Å²) in [5.74, 6) is 0.164. The third-order valence-electron chi connectivity index (χ3n) is 4.51. The number of aromatic nitrogens is 2. The number of halogens is 2. The molecule has 1 aromatic heterocycles. The van der Waals surface area contributed by atoms with E-state index >= 15 is 0 Å². The van der Waals surface area contributed by atoms with Gasteiger partial charge in [-0.15, -0.1) is 0 Å². The van der Waals surface area contributed by atoms with Crippen LogP contribution in [0, 0.1) is 5.82 Å². The van der Waals surface area contributed by atoms with Crippen LogP contribution in [0.1, 0.15) is 19.3 Å². The van der Waals surface area contributed by atoms with Crippen molar-refractivity contribution in [2.24, 2.45) is 0 Å². The summed E-state index contributed by atoms with van der Waals surface area (Å²) in [6.07, 6.45) is 3.50. The van der Waals surface area contributed by atoms with Gasteiger partial charge in [0.05, 0.1) is 15.5 Å². The zero-order valence-corrected chi connectivity index (χ0v) is 13.2. The summed E-state index contributed by atoms with van der Waals surface area (Å²) in [5, 5.41) is 0. The van der Waals surface area contributed by atoms with E-state index in [1.165, 1.54) is 12.5 Å². The summed E-state index contributed by atoms with van der Waals surface area (Å²) in [6.45, 7) is 0.753. The van der Waals surface area contributed by atoms with Crippen LogP contribution in [0.3, 0.4) is 0 Å². The molecule has 3 rings (SSSR count). The highest BCUT2D eigenvalue weighted by molar-refractivity contribution is 9.10. The Morgan fingerprint density at radius 2 is 2.15 bits per heavy atom. The molecule has 1 aliphatic carbocycles. The molecule has 0 spiro atoms. The Balaban J connectivity index is 2.07. The number of nitrogen functional groups attached to an aromatic ring is 1. The molecule has 6 heteroatoms. The number of benzene rings is 1. The van der Waals surface area contributed by atoms with E-state index in [9.17, 15) is 4.39 Å². The SMILES string of the molecule is CN(C)C1(Cn2c(N)nc3cc(Br)c(F)cc32)CCC1. The Bertz CT molecular complexity index is 661. The molecule has 1 aromatic carbocycles. The Morgan fingerprint density at radius 3 is 2.70 bits per heavy atom. The maximum absolute atomic E-state index is 13.8. The van der Waals surface area contributed by atoms with Crippen LogP contribution in [0.4, 0.5) is 10.3 Å². The van der Waals surface area contributed by atoms with Gasteiger partial charge >= 0.3 is 0 Å². The molecule has 0 atom stereocenters. The summed E-state index contributed by atoms with van der Waals surface area (Å²) in [7, 11) is 4.18. The first-order chi connectivity index (χ1) is 9.43. The van der Waals surface area contributed by atoms with E-state index in [0.29, 0.717) is 10.4 Å². The van der Waals surface area contributed by atoms with Gasteiger partial charge in [-0.25, -0.2) is 9.37 Å². The molecule has 1 saturated carbocycles. The minimum atomic E-state index is -0.286. The number of hydrogen-bond acceptors (Lipinski definition) is 3. The topological polar surface area (TPSA) is 47.1 Å². The average Bonchev–Trinajstić information content (AvgIpc) is 2.60. The quantitative estimate of drug-likeness (QED) is 0.934. The third kappa shape index (κ3) is 2.02. The first kappa shape index (κ1) is 13.8. The van der Waals surface area contributed by atoms with Gasteiger partial charge < -0.3 is 15.2 Å². The normalized spacial score (nSPS) is 17.6. The Morgan fingerprint density at radius 1 is 1.45 bits per heavy atom. The summed E-state index contributed by atoms with van der Waals surface area (Å²) in [4.78, 5) is 6.59. The maximum atomic E-state index is 13.8. The number of rotatable bonds is 3. The Labute approximate surface area is 125 Å². The second-order valence-electron chi connectivity index (χ2n) is 5.78. The molecule has 0 amide bonds. The van der Waals surface area contributed by atoms with E-state index < -0.39 is 0 Å². The molecule has 4 nitrogen and oxygen atoms in total. The van der Waals surface area contributed by atoms with Crippen molar-refractivity contribution < 1.29 is 4.39 Å². The highest BCUT2D eigenvalue weighted by atomic mass is 79.9. The molecule has 1 heterocycles. The number of nitrogens with zero attached hydrogens (tertiary/aromatic N) is 3. The summed E-state index contributed by atoms with van der Waals surface area (Å²) in [6, 6.07) is 3.19. The summed E-state index contributed by atoms with van der Waals surface area (Å²) < 4.78 is 16.1.